The van der Waals surface area contributed by atoms with Gasteiger partial charge in [-0.2, -0.15) is 0 Å². The molecule has 0 unspecified atom stereocenters. The second-order valence-electron chi connectivity index (χ2n) is 5.58. The van der Waals surface area contributed by atoms with Crippen LogP contribution in [0.4, 0.5) is 11.5 Å². The minimum atomic E-state index is -0.257. The van der Waals surface area contributed by atoms with Crippen molar-refractivity contribution in [2.24, 2.45) is 5.92 Å². The van der Waals surface area contributed by atoms with Gasteiger partial charge in [0, 0.05) is 12.2 Å². The number of aromatic nitrogens is 2. The van der Waals surface area contributed by atoms with Crippen LogP contribution in [-0.4, -0.2) is 22.6 Å². The molecule has 0 saturated heterocycles. The number of amides is 1. The topological polar surface area (TPSA) is 66.9 Å². The number of nitrogens with zero attached hydrogens (tertiary/aromatic N) is 2. The van der Waals surface area contributed by atoms with Crippen LogP contribution in [0.1, 0.15) is 36.8 Å². The Kier molecular flexibility index (Phi) is 5.47. The Bertz CT molecular complexity index is 606. The van der Waals surface area contributed by atoms with Crippen molar-refractivity contribution in [1.82, 2.24) is 10.2 Å². The third-order valence-electron chi connectivity index (χ3n) is 3.21. The highest BCUT2D eigenvalue weighted by atomic mass is 16.1. The molecule has 116 valence electrons. The molecule has 1 amide bonds. The summed E-state index contributed by atoms with van der Waals surface area (Å²) in [6.45, 7) is 7.15. The Morgan fingerprint density at radius 3 is 2.36 bits per heavy atom. The van der Waals surface area contributed by atoms with E-state index in [9.17, 15) is 4.79 Å². The third kappa shape index (κ3) is 4.55. The first-order chi connectivity index (χ1) is 10.6. The summed E-state index contributed by atoms with van der Waals surface area (Å²) in [4.78, 5) is 12.1. The van der Waals surface area contributed by atoms with E-state index in [1.807, 2.05) is 24.3 Å². The highest BCUT2D eigenvalue weighted by Gasteiger charge is 2.08. The lowest BCUT2D eigenvalue weighted by Gasteiger charge is -2.08. The molecule has 0 saturated carbocycles. The SMILES string of the molecule is CCc1ccc(NC(=O)c2ccc(NCC(C)C)nn2)cc1. The first kappa shape index (κ1) is 15.9. The smallest absolute Gasteiger partial charge is 0.276 e. The minimum absolute atomic E-state index is 0.257. The van der Waals surface area contributed by atoms with Gasteiger partial charge in [-0.05, 0) is 42.2 Å². The van der Waals surface area contributed by atoms with Crippen LogP contribution in [0.5, 0.6) is 0 Å². The molecule has 22 heavy (non-hydrogen) atoms. The van der Waals surface area contributed by atoms with E-state index < -0.39 is 0 Å². The van der Waals surface area contributed by atoms with E-state index in [4.69, 9.17) is 0 Å². The van der Waals surface area contributed by atoms with E-state index in [-0.39, 0.29) is 5.91 Å². The summed E-state index contributed by atoms with van der Waals surface area (Å²) in [7, 11) is 0. The van der Waals surface area contributed by atoms with Crippen LogP contribution in [0.25, 0.3) is 0 Å². The van der Waals surface area contributed by atoms with E-state index in [1.54, 1.807) is 12.1 Å². The van der Waals surface area contributed by atoms with Gasteiger partial charge < -0.3 is 10.6 Å². The monoisotopic (exact) mass is 298 g/mol. The summed E-state index contributed by atoms with van der Waals surface area (Å²) in [6, 6.07) is 11.2. The fourth-order valence-corrected chi connectivity index (χ4v) is 1.88. The van der Waals surface area contributed by atoms with Crippen molar-refractivity contribution in [3.05, 3.63) is 47.7 Å². The molecule has 5 nitrogen and oxygen atoms in total. The number of benzene rings is 1. The van der Waals surface area contributed by atoms with Gasteiger partial charge >= 0.3 is 0 Å². The summed E-state index contributed by atoms with van der Waals surface area (Å²) in [5, 5.41) is 14.0. The summed E-state index contributed by atoms with van der Waals surface area (Å²) in [5.74, 6) is 0.945. The van der Waals surface area contributed by atoms with Gasteiger partial charge in [0.2, 0.25) is 0 Å². The highest BCUT2D eigenvalue weighted by Crippen LogP contribution is 2.11. The molecule has 1 aromatic heterocycles. The average molecular weight is 298 g/mol. The number of aryl methyl sites for hydroxylation is 1. The second-order valence-corrected chi connectivity index (χ2v) is 5.58. The van der Waals surface area contributed by atoms with Crippen LogP contribution in [0, 0.1) is 5.92 Å². The van der Waals surface area contributed by atoms with Gasteiger partial charge in [0.15, 0.2) is 5.69 Å². The molecule has 0 radical (unpaired) electrons. The number of nitrogens with one attached hydrogen (secondary N) is 2. The molecule has 2 N–H and O–H groups in total. The summed E-state index contributed by atoms with van der Waals surface area (Å²) < 4.78 is 0. The zero-order valence-electron chi connectivity index (χ0n) is 13.3. The molecule has 0 aliphatic heterocycles. The fraction of sp³-hybridized carbons (Fsp3) is 0.353. The number of carbonyl (C=O) groups excluding carboxylic acids is 1. The first-order valence-corrected chi connectivity index (χ1v) is 7.56. The van der Waals surface area contributed by atoms with Crippen molar-refractivity contribution in [3.8, 4) is 0 Å². The van der Waals surface area contributed by atoms with Gasteiger partial charge in [0.05, 0.1) is 0 Å². The molecule has 2 rings (SSSR count). The van der Waals surface area contributed by atoms with E-state index in [0.717, 1.165) is 18.7 Å². The summed E-state index contributed by atoms with van der Waals surface area (Å²) in [5.41, 5.74) is 2.29. The minimum Gasteiger partial charge on any atom is -0.368 e. The van der Waals surface area contributed by atoms with Crippen LogP contribution >= 0.6 is 0 Å². The van der Waals surface area contributed by atoms with Gasteiger partial charge in [0.1, 0.15) is 5.82 Å². The summed E-state index contributed by atoms with van der Waals surface area (Å²) >= 11 is 0. The van der Waals surface area contributed by atoms with Crippen LogP contribution < -0.4 is 10.6 Å². The molecule has 0 spiro atoms. The fourth-order valence-electron chi connectivity index (χ4n) is 1.88. The Morgan fingerprint density at radius 1 is 1.09 bits per heavy atom. The Balaban J connectivity index is 1.96. The van der Waals surface area contributed by atoms with E-state index in [1.165, 1.54) is 5.56 Å². The van der Waals surface area contributed by atoms with Crippen molar-refractivity contribution < 1.29 is 4.79 Å². The van der Waals surface area contributed by atoms with Gasteiger partial charge in [-0.25, -0.2) is 0 Å². The lowest BCUT2D eigenvalue weighted by Crippen LogP contribution is -2.15. The Hall–Kier alpha value is -2.43. The molecule has 1 aromatic carbocycles. The van der Waals surface area contributed by atoms with Crippen LogP contribution in [0.15, 0.2) is 36.4 Å². The molecule has 0 bridgehead atoms. The number of hydrogen-bond acceptors (Lipinski definition) is 4. The maximum absolute atomic E-state index is 12.1. The average Bonchev–Trinajstić information content (AvgIpc) is 2.54. The summed E-state index contributed by atoms with van der Waals surface area (Å²) in [6.07, 6.45) is 0.977. The van der Waals surface area contributed by atoms with Crippen molar-refractivity contribution >= 4 is 17.4 Å². The molecule has 0 aliphatic rings. The molecule has 0 aliphatic carbocycles. The molecule has 1 heterocycles. The molecule has 2 aromatic rings. The largest absolute Gasteiger partial charge is 0.368 e. The predicted molar refractivity (Wildman–Crippen MR) is 89.1 cm³/mol. The normalized spacial score (nSPS) is 10.5. The van der Waals surface area contributed by atoms with Gasteiger partial charge in [-0.3, -0.25) is 4.79 Å². The molecular formula is C17H22N4O. The molecule has 0 atom stereocenters. The standard InChI is InChI=1S/C17H22N4O/c1-4-13-5-7-14(8-6-13)19-17(22)15-9-10-16(21-20-15)18-11-12(2)3/h5-10,12H,4,11H2,1-3H3,(H,18,21)(H,19,22). The zero-order valence-corrected chi connectivity index (χ0v) is 13.3. The van der Waals surface area contributed by atoms with Gasteiger partial charge in [0.25, 0.3) is 5.91 Å². The maximum atomic E-state index is 12.1. The zero-order chi connectivity index (χ0) is 15.9. The lowest BCUT2D eigenvalue weighted by molar-refractivity contribution is 0.102. The second kappa shape index (κ2) is 7.54. The van der Waals surface area contributed by atoms with Crippen molar-refractivity contribution in [2.75, 3.05) is 17.2 Å². The molecule has 0 fully saturated rings. The molecular weight excluding hydrogens is 276 g/mol. The number of rotatable bonds is 6. The van der Waals surface area contributed by atoms with Gasteiger partial charge in [-0.15, -0.1) is 10.2 Å². The van der Waals surface area contributed by atoms with Crippen LogP contribution in [-0.2, 0) is 6.42 Å². The third-order valence-corrected chi connectivity index (χ3v) is 3.21. The van der Waals surface area contributed by atoms with Crippen LogP contribution in [0.3, 0.4) is 0 Å². The lowest BCUT2D eigenvalue weighted by atomic mass is 10.1. The molecule has 5 heteroatoms. The van der Waals surface area contributed by atoms with Crippen LogP contribution in [0.2, 0.25) is 0 Å². The highest BCUT2D eigenvalue weighted by molar-refractivity contribution is 6.02. The number of anilines is 2. The number of hydrogen-bond donors (Lipinski definition) is 2. The maximum Gasteiger partial charge on any atom is 0.276 e. The van der Waals surface area contributed by atoms with Crippen molar-refractivity contribution in [3.63, 3.8) is 0 Å². The van der Waals surface area contributed by atoms with Crippen molar-refractivity contribution in [1.29, 1.82) is 0 Å². The van der Waals surface area contributed by atoms with Gasteiger partial charge in [-0.1, -0.05) is 32.9 Å². The predicted octanol–water partition coefficient (Wildman–Crippen LogP) is 3.36. The van der Waals surface area contributed by atoms with E-state index in [0.29, 0.717) is 17.4 Å². The van der Waals surface area contributed by atoms with E-state index >= 15 is 0 Å². The van der Waals surface area contributed by atoms with E-state index in [2.05, 4.69) is 41.6 Å². The first-order valence-electron chi connectivity index (χ1n) is 7.56. The Labute approximate surface area is 131 Å². The van der Waals surface area contributed by atoms with Crippen molar-refractivity contribution in [2.45, 2.75) is 27.2 Å². The number of carbonyl (C=O) groups is 1. The quantitative estimate of drug-likeness (QED) is 0.858. The Morgan fingerprint density at radius 2 is 1.82 bits per heavy atom.